The summed E-state index contributed by atoms with van der Waals surface area (Å²) in [5, 5.41) is 6.86. The lowest BCUT2D eigenvalue weighted by atomic mass is 9.84. The van der Waals surface area contributed by atoms with Gasteiger partial charge in [0.1, 0.15) is 5.92 Å². The predicted octanol–water partition coefficient (Wildman–Crippen LogP) is 3.55. The molecule has 1 aromatic rings. The molecule has 0 spiro atoms. The van der Waals surface area contributed by atoms with E-state index in [9.17, 15) is 14.4 Å². The number of anilines is 1. The molecule has 0 bridgehead atoms. The molecule has 0 radical (unpaired) electrons. The number of halogens is 2. The molecule has 1 aliphatic carbocycles. The molecule has 6 nitrogen and oxygen atoms in total. The molecule has 1 saturated heterocycles. The van der Waals surface area contributed by atoms with Crippen LogP contribution in [0.1, 0.15) is 46.0 Å². The quantitative estimate of drug-likeness (QED) is 0.688. The van der Waals surface area contributed by atoms with Crippen molar-refractivity contribution in [2.75, 3.05) is 11.4 Å². The van der Waals surface area contributed by atoms with Crippen LogP contribution in [0.15, 0.2) is 18.2 Å². The lowest BCUT2D eigenvalue weighted by molar-refractivity contribution is -0.134. The summed E-state index contributed by atoms with van der Waals surface area (Å²) in [7, 11) is 0. The first-order valence-corrected chi connectivity index (χ1v) is 10.9. The van der Waals surface area contributed by atoms with Gasteiger partial charge < -0.3 is 15.5 Å². The third-order valence-corrected chi connectivity index (χ3v) is 6.10. The van der Waals surface area contributed by atoms with Crippen LogP contribution in [0.3, 0.4) is 0 Å². The van der Waals surface area contributed by atoms with Gasteiger partial charge in [0.05, 0.1) is 10.7 Å². The van der Waals surface area contributed by atoms with Crippen LogP contribution in [-0.2, 0) is 14.4 Å². The highest BCUT2D eigenvalue weighted by Gasteiger charge is 2.39. The normalized spacial score (nSPS) is 24.7. The summed E-state index contributed by atoms with van der Waals surface area (Å²) in [5.74, 6) is -1.34. The van der Waals surface area contributed by atoms with Gasteiger partial charge in [0, 0.05) is 29.6 Å². The van der Waals surface area contributed by atoms with Crippen molar-refractivity contribution < 1.29 is 14.4 Å². The van der Waals surface area contributed by atoms with Gasteiger partial charge >= 0.3 is 0 Å². The third-order valence-electron chi connectivity index (χ3n) is 5.54. The lowest BCUT2D eigenvalue weighted by Gasteiger charge is -2.30. The number of rotatable bonds is 5. The van der Waals surface area contributed by atoms with E-state index in [0.717, 1.165) is 19.3 Å². The number of nitrogens with one attached hydrogen (secondary N) is 2. The highest BCUT2D eigenvalue weighted by Crippen LogP contribution is 2.34. The molecule has 1 heterocycles. The number of carbonyl (C=O) groups excluding carboxylic acids is 3. The standard InChI is InChI=1S/C21H27Cl2N3O3/c1-12(2)24-19(27)13-4-3-5-15(10-13)25-20(28)16-8-9-26(21(16)29)18-11-14(22)6-7-17(18)23/h6-7,11-13,15-16H,3-5,8-10H2,1-2H3,(H,24,27)(H,25,28). The summed E-state index contributed by atoms with van der Waals surface area (Å²) in [5.41, 5.74) is 0.530. The number of carbonyl (C=O) groups is 3. The number of nitrogens with zero attached hydrogens (tertiary/aromatic N) is 1. The Balaban J connectivity index is 1.60. The van der Waals surface area contributed by atoms with Gasteiger partial charge in [-0.05, 0) is 57.7 Å². The van der Waals surface area contributed by atoms with Crippen LogP contribution >= 0.6 is 23.2 Å². The Morgan fingerprint density at radius 1 is 1.14 bits per heavy atom. The largest absolute Gasteiger partial charge is 0.354 e. The molecule has 3 atom stereocenters. The Morgan fingerprint density at radius 3 is 2.62 bits per heavy atom. The summed E-state index contributed by atoms with van der Waals surface area (Å²) >= 11 is 12.2. The fourth-order valence-electron chi connectivity index (χ4n) is 4.12. The van der Waals surface area contributed by atoms with Gasteiger partial charge in [0.15, 0.2) is 0 Å². The molecule has 3 amide bonds. The molecule has 2 N–H and O–H groups in total. The van der Waals surface area contributed by atoms with Crippen molar-refractivity contribution in [2.24, 2.45) is 11.8 Å². The van der Waals surface area contributed by atoms with Gasteiger partial charge in [0.2, 0.25) is 17.7 Å². The van der Waals surface area contributed by atoms with Gasteiger partial charge in [-0.15, -0.1) is 0 Å². The maximum Gasteiger partial charge on any atom is 0.239 e. The van der Waals surface area contributed by atoms with Crippen molar-refractivity contribution in [2.45, 2.75) is 58.0 Å². The Labute approximate surface area is 181 Å². The second-order valence-electron chi connectivity index (χ2n) is 8.16. The summed E-state index contributed by atoms with van der Waals surface area (Å²) in [4.78, 5) is 39.5. The molecule has 0 aromatic heterocycles. The Kier molecular flexibility index (Phi) is 7.06. The lowest BCUT2D eigenvalue weighted by Crippen LogP contribution is -2.46. The van der Waals surface area contributed by atoms with Crippen LogP contribution in [0.5, 0.6) is 0 Å². The van der Waals surface area contributed by atoms with Crippen LogP contribution in [0, 0.1) is 11.8 Å². The van der Waals surface area contributed by atoms with E-state index in [2.05, 4.69) is 10.6 Å². The van der Waals surface area contributed by atoms with Gasteiger partial charge in [-0.2, -0.15) is 0 Å². The third kappa shape index (κ3) is 5.23. The average Bonchev–Trinajstić information content (AvgIpc) is 3.04. The first-order valence-electron chi connectivity index (χ1n) is 10.1. The van der Waals surface area contributed by atoms with Crippen molar-refractivity contribution in [3.8, 4) is 0 Å². The summed E-state index contributed by atoms with van der Waals surface area (Å²) in [6.45, 7) is 4.29. The molecule has 3 unspecified atom stereocenters. The minimum absolute atomic E-state index is 0.0395. The average molecular weight is 440 g/mol. The van der Waals surface area contributed by atoms with Gasteiger partial charge in [-0.25, -0.2) is 0 Å². The van der Waals surface area contributed by atoms with Crippen LogP contribution in [0.25, 0.3) is 0 Å². The number of hydrogen-bond donors (Lipinski definition) is 2. The van der Waals surface area contributed by atoms with Crippen molar-refractivity contribution in [3.63, 3.8) is 0 Å². The molecule has 29 heavy (non-hydrogen) atoms. The molecule has 1 saturated carbocycles. The Hall–Kier alpha value is -1.79. The van der Waals surface area contributed by atoms with Crippen LogP contribution in [0.2, 0.25) is 10.0 Å². The Bertz CT molecular complexity index is 799. The fraction of sp³-hybridized carbons (Fsp3) is 0.571. The van der Waals surface area contributed by atoms with Crippen molar-refractivity contribution in [1.29, 1.82) is 0 Å². The molecule has 3 rings (SSSR count). The van der Waals surface area contributed by atoms with E-state index in [1.54, 1.807) is 18.2 Å². The molecule has 2 aliphatic rings. The van der Waals surface area contributed by atoms with E-state index in [1.807, 2.05) is 13.8 Å². The molecular formula is C21H27Cl2N3O3. The van der Waals surface area contributed by atoms with E-state index in [-0.39, 0.29) is 35.7 Å². The van der Waals surface area contributed by atoms with Crippen LogP contribution in [-0.4, -0.2) is 36.3 Å². The zero-order chi connectivity index (χ0) is 21.1. The van der Waals surface area contributed by atoms with Crippen LogP contribution in [0.4, 0.5) is 5.69 Å². The Morgan fingerprint density at radius 2 is 1.90 bits per heavy atom. The summed E-state index contributed by atoms with van der Waals surface area (Å²) in [6, 6.07) is 4.95. The predicted molar refractivity (Wildman–Crippen MR) is 114 cm³/mol. The zero-order valence-electron chi connectivity index (χ0n) is 16.7. The second-order valence-corrected chi connectivity index (χ2v) is 9.00. The SMILES string of the molecule is CC(C)NC(=O)C1CCCC(NC(=O)C2CCN(c3cc(Cl)ccc3Cl)C2=O)C1. The first-order chi connectivity index (χ1) is 13.8. The van der Waals surface area contributed by atoms with Crippen molar-refractivity contribution >= 4 is 46.6 Å². The zero-order valence-corrected chi connectivity index (χ0v) is 18.2. The molecule has 1 aromatic carbocycles. The smallest absolute Gasteiger partial charge is 0.239 e. The van der Waals surface area contributed by atoms with Gasteiger partial charge in [0.25, 0.3) is 0 Å². The van der Waals surface area contributed by atoms with Crippen molar-refractivity contribution in [3.05, 3.63) is 28.2 Å². The topological polar surface area (TPSA) is 78.5 Å². The maximum atomic E-state index is 12.8. The molecular weight excluding hydrogens is 413 g/mol. The minimum atomic E-state index is -0.741. The fourth-order valence-corrected chi connectivity index (χ4v) is 4.50. The molecule has 2 fully saturated rings. The summed E-state index contributed by atoms with van der Waals surface area (Å²) < 4.78 is 0. The maximum absolute atomic E-state index is 12.8. The van der Waals surface area contributed by atoms with E-state index >= 15 is 0 Å². The second kappa shape index (κ2) is 9.35. The number of benzene rings is 1. The molecule has 1 aliphatic heterocycles. The highest BCUT2D eigenvalue weighted by atomic mass is 35.5. The van der Waals surface area contributed by atoms with Gasteiger partial charge in [-0.1, -0.05) is 29.6 Å². The van der Waals surface area contributed by atoms with E-state index in [0.29, 0.717) is 35.1 Å². The van der Waals surface area contributed by atoms with Gasteiger partial charge in [-0.3, -0.25) is 14.4 Å². The molecule has 158 valence electrons. The van der Waals surface area contributed by atoms with E-state index in [1.165, 1.54) is 4.90 Å². The highest BCUT2D eigenvalue weighted by molar-refractivity contribution is 6.36. The minimum Gasteiger partial charge on any atom is -0.354 e. The van der Waals surface area contributed by atoms with E-state index < -0.39 is 5.92 Å². The number of amides is 3. The first kappa shape index (κ1) is 21.9. The summed E-state index contributed by atoms with van der Waals surface area (Å²) in [6.07, 6.45) is 3.56. The molecule has 8 heteroatoms. The number of hydrogen-bond acceptors (Lipinski definition) is 3. The van der Waals surface area contributed by atoms with Crippen molar-refractivity contribution in [1.82, 2.24) is 10.6 Å². The van der Waals surface area contributed by atoms with Crippen LogP contribution < -0.4 is 15.5 Å². The monoisotopic (exact) mass is 439 g/mol. The van der Waals surface area contributed by atoms with E-state index in [4.69, 9.17) is 23.2 Å².